The normalized spacial score (nSPS) is 18.7. The molecule has 0 spiro atoms. The second-order valence-corrected chi connectivity index (χ2v) is 6.48. The van der Waals surface area contributed by atoms with Crippen molar-refractivity contribution < 1.29 is 18.8 Å². The first-order valence-corrected chi connectivity index (χ1v) is 8.56. The van der Waals surface area contributed by atoms with Crippen molar-refractivity contribution in [2.24, 2.45) is 17.8 Å². The molecular weight excluding hydrogens is 296 g/mol. The van der Waals surface area contributed by atoms with Gasteiger partial charge in [0.05, 0.1) is 12.3 Å². The number of nitrogens with zero attached hydrogens (tertiary/aromatic N) is 1. The van der Waals surface area contributed by atoms with Gasteiger partial charge in [-0.1, -0.05) is 12.1 Å². The number of carbonyl (C=O) groups excluding carboxylic acids is 2. The smallest absolute Gasteiger partial charge is 0.328 e. The van der Waals surface area contributed by atoms with E-state index in [0.717, 1.165) is 25.7 Å². The second-order valence-electron chi connectivity index (χ2n) is 6.48. The Bertz CT molecular complexity index is 563. The van der Waals surface area contributed by atoms with Crippen molar-refractivity contribution in [3.05, 3.63) is 17.5 Å². The first-order chi connectivity index (χ1) is 11.2. The summed E-state index contributed by atoms with van der Waals surface area (Å²) in [5.74, 6) is 0.644. The molecule has 2 aliphatic carbocycles. The molecule has 1 amide bonds. The summed E-state index contributed by atoms with van der Waals surface area (Å²) in [6, 6.07) is -0.568. The minimum absolute atomic E-state index is 0.197. The molecule has 23 heavy (non-hydrogen) atoms. The van der Waals surface area contributed by atoms with E-state index in [1.807, 2.05) is 6.92 Å². The van der Waals surface area contributed by atoms with Crippen molar-refractivity contribution in [1.29, 1.82) is 0 Å². The summed E-state index contributed by atoms with van der Waals surface area (Å²) in [5, 5.41) is 6.74. The summed E-state index contributed by atoms with van der Waals surface area (Å²) < 4.78 is 10.1. The molecule has 0 saturated heterocycles. The van der Waals surface area contributed by atoms with Crippen LogP contribution in [-0.2, 0) is 16.0 Å². The van der Waals surface area contributed by atoms with Crippen LogP contribution in [0, 0.1) is 17.8 Å². The van der Waals surface area contributed by atoms with Crippen LogP contribution in [0.5, 0.6) is 0 Å². The summed E-state index contributed by atoms with van der Waals surface area (Å²) in [5.41, 5.74) is 1.02. The van der Waals surface area contributed by atoms with Crippen molar-refractivity contribution in [2.45, 2.75) is 52.0 Å². The predicted molar refractivity (Wildman–Crippen MR) is 82.7 cm³/mol. The fourth-order valence-electron chi connectivity index (χ4n) is 3.35. The highest BCUT2D eigenvalue weighted by Gasteiger charge is 2.49. The molecule has 0 radical (unpaired) electrons. The third kappa shape index (κ3) is 3.57. The number of aromatic nitrogens is 1. The standard InChI is InChI=1S/C17H24N2O4/c1-3-13-12(9-23-19-13)16(20)18-15(17(21)22-4-2)14(10-5-6-10)11-7-8-11/h9-11,14-15H,3-8H2,1-2H3,(H,18,20). The maximum atomic E-state index is 12.6. The van der Waals surface area contributed by atoms with Crippen LogP contribution in [0.1, 0.15) is 55.6 Å². The Morgan fingerprint density at radius 3 is 2.48 bits per heavy atom. The van der Waals surface area contributed by atoms with E-state index in [0.29, 0.717) is 36.1 Å². The van der Waals surface area contributed by atoms with E-state index in [2.05, 4.69) is 10.5 Å². The molecule has 6 nitrogen and oxygen atoms in total. The zero-order chi connectivity index (χ0) is 16.4. The van der Waals surface area contributed by atoms with E-state index in [-0.39, 0.29) is 17.8 Å². The number of amides is 1. The lowest BCUT2D eigenvalue weighted by Crippen LogP contribution is -2.48. The van der Waals surface area contributed by atoms with Crippen molar-refractivity contribution in [3.8, 4) is 0 Å². The lowest BCUT2D eigenvalue weighted by molar-refractivity contribution is -0.147. The molecule has 3 rings (SSSR count). The van der Waals surface area contributed by atoms with Crippen LogP contribution < -0.4 is 5.32 Å². The molecule has 0 aliphatic heterocycles. The molecular formula is C17H24N2O4. The fourth-order valence-corrected chi connectivity index (χ4v) is 3.35. The van der Waals surface area contributed by atoms with Crippen LogP contribution in [0.25, 0.3) is 0 Å². The van der Waals surface area contributed by atoms with Gasteiger partial charge in [0.2, 0.25) is 0 Å². The number of ether oxygens (including phenoxy) is 1. The van der Waals surface area contributed by atoms with Gasteiger partial charge in [-0.15, -0.1) is 0 Å². The summed E-state index contributed by atoms with van der Waals surface area (Å²) in [6.45, 7) is 4.02. The number of esters is 1. The number of aryl methyl sites for hydroxylation is 1. The SMILES string of the molecule is CCOC(=O)C(NC(=O)c1conc1CC)C(C1CC1)C1CC1. The monoisotopic (exact) mass is 320 g/mol. The average molecular weight is 320 g/mol. The molecule has 1 heterocycles. The minimum atomic E-state index is -0.568. The van der Waals surface area contributed by atoms with E-state index < -0.39 is 6.04 Å². The van der Waals surface area contributed by atoms with Gasteiger partial charge in [0.1, 0.15) is 17.9 Å². The maximum Gasteiger partial charge on any atom is 0.328 e. The molecule has 126 valence electrons. The highest BCUT2D eigenvalue weighted by atomic mass is 16.5. The van der Waals surface area contributed by atoms with Crippen molar-refractivity contribution in [2.75, 3.05) is 6.61 Å². The van der Waals surface area contributed by atoms with Gasteiger partial charge in [-0.2, -0.15) is 0 Å². The van der Waals surface area contributed by atoms with E-state index in [1.165, 1.54) is 6.26 Å². The van der Waals surface area contributed by atoms with E-state index in [4.69, 9.17) is 9.26 Å². The van der Waals surface area contributed by atoms with Gasteiger partial charge in [0, 0.05) is 0 Å². The Kier molecular flexibility index (Phi) is 4.68. The van der Waals surface area contributed by atoms with Crippen molar-refractivity contribution in [3.63, 3.8) is 0 Å². The molecule has 2 aliphatic rings. The summed E-state index contributed by atoms with van der Waals surface area (Å²) in [4.78, 5) is 25.0. The first kappa shape index (κ1) is 16.0. The van der Waals surface area contributed by atoms with Crippen molar-refractivity contribution >= 4 is 11.9 Å². The van der Waals surface area contributed by atoms with Crippen LogP contribution in [0.3, 0.4) is 0 Å². The minimum Gasteiger partial charge on any atom is -0.464 e. The number of rotatable bonds is 8. The number of carbonyl (C=O) groups is 2. The van der Waals surface area contributed by atoms with Crippen LogP contribution in [0.15, 0.2) is 10.8 Å². The fraction of sp³-hybridized carbons (Fsp3) is 0.706. The van der Waals surface area contributed by atoms with Gasteiger partial charge in [-0.3, -0.25) is 4.79 Å². The molecule has 1 unspecified atom stereocenters. The number of hydrogen-bond acceptors (Lipinski definition) is 5. The largest absolute Gasteiger partial charge is 0.464 e. The van der Waals surface area contributed by atoms with Crippen LogP contribution in [0.2, 0.25) is 0 Å². The Morgan fingerprint density at radius 1 is 1.30 bits per heavy atom. The third-order valence-corrected chi connectivity index (χ3v) is 4.77. The average Bonchev–Trinajstić information content (AvgIpc) is 3.47. The van der Waals surface area contributed by atoms with Gasteiger partial charge < -0.3 is 14.6 Å². The zero-order valence-corrected chi connectivity index (χ0v) is 13.7. The zero-order valence-electron chi connectivity index (χ0n) is 13.7. The molecule has 1 atom stereocenters. The first-order valence-electron chi connectivity index (χ1n) is 8.56. The molecule has 2 fully saturated rings. The van der Waals surface area contributed by atoms with Gasteiger partial charge >= 0.3 is 5.97 Å². The predicted octanol–water partition coefficient (Wildman–Crippen LogP) is 2.33. The number of nitrogens with one attached hydrogen (secondary N) is 1. The van der Waals surface area contributed by atoms with Crippen molar-refractivity contribution in [1.82, 2.24) is 10.5 Å². The van der Waals surface area contributed by atoms with Gasteiger partial charge in [0.25, 0.3) is 5.91 Å². The van der Waals surface area contributed by atoms with Crippen LogP contribution >= 0.6 is 0 Å². The van der Waals surface area contributed by atoms with Gasteiger partial charge in [-0.25, -0.2) is 4.79 Å². The van der Waals surface area contributed by atoms with E-state index in [1.54, 1.807) is 6.92 Å². The summed E-state index contributed by atoms with van der Waals surface area (Å²) >= 11 is 0. The lowest BCUT2D eigenvalue weighted by Gasteiger charge is -2.26. The molecule has 6 heteroatoms. The highest BCUT2D eigenvalue weighted by Crippen LogP contribution is 2.50. The second kappa shape index (κ2) is 6.72. The lowest BCUT2D eigenvalue weighted by atomic mass is 9.89. The van der Waals surface area contributed by atoms with Crippen LogP contribution in [0.4, 0.5) is 0 Å². The highest BCUT2D eigenvalue weighted by molar-refractivity contribution is 5.97. The molecule has 1 aromatic rings. The van der Waals surface area contributed by atoms with Gasteiger partial charge in [0.15, 0.2) is 0 Å². The topological polar surface area (TPSA) is 81.4 Å². The molecule has 1 N–H and O–H groups in total. The maximum absolute atomic E-state index is 12.6. The Morgan fingerprint density at radius 2 is 1.96 bits per heavy atom. The van der Waals surface area contributed by atoms with E-state index >= 15 is 0 Å². The van der Waals surface area contributed by atoms with Gasteiger partial charge in [-0.05, 0) is 56.8 Å². The molecule has 0 aromatic carbocycles. The molecule has 0 bridgehead atoms. The van der Waals surface area contributed by atoms with Crippen LogP contribution in [-0.4, -0.2) is 29.7 Å². The Hall–Kier alpha value is -1.85. The quantitative estimate of drug-likeness (QED) is 0.744. The Balaban J connectivity index is 1.77. The molecule has 1 aromatic heterocycles. The Labute approximate surface area is 135 Å². The third-order valence-electron chi connectivity index (χ3n) is 4.77. The summed E-state index contributed by atoms with van der Waals surface area (Å²) in [6.07, 6.45) is 6.51. The number of hydrogen-bond donors (Lipinski definition) is 1. The molecule has 2 saturated carbocycles. The van der Waals surface area contributed by atoms with E-state index in [9.17, 15) is 9.59 Å². The summed E-state index contributed by atoms with van der Waals surface area (Å²) in [7, 11) is 0.